The molecule has 0 radical (unpaired) electrons. The van der Waals surface area contributed by atoms with E-state index in [2.05, 4.69) is 232 Å². The summed E-state index contributed by atoms with van der Waals surface area (Å²) in [5.74, 6) is 0. The van der Waals surface area contributed by atoms with E-state index in [1.807, 2.05) is 84.9 Å². The number of nitrogens with one attached hydrogen (secondary N) is 1. The minimum atomic E-state index is -0.227. The van der Waals surface area contributed by atoms with Crippen molar-refractivity contribution >= 4 is 67.3 Å². The standard InChI is InChI=1S/C72H49N7/c73-48-56-44-71(57(49-74)43-64(56)52-35-31-50(32-36-52)51-33-37-54(38-34-51)68-47-67(53-19-7-1-8-20-53)75-72(76-68)55-21-9-2-10-22-55)79-69-41-39-62(77(58-23-11-3-12-24-58)59-25-13-4-14-26-59)45-65(69)66-46-63(40-42-70(66)79)78(60-27-15-5-16-28-60)61-29-17-6-18-30-61/h1-47,72,76H. The highest BCUT2D eigenvalue weighted by molar-refractivity contribution is 6.14. The van der Waals surface area contributed by atoms with Gasteiger partial charge in [-0.3, -0.25) is 4.99 Å². The van der Waals surface area contributed by atoms with Crippen LogP contribution in [0.15, 0.2) is 290 Å². The maximum atomic E-state index is 11.1. The smallest absolute Gasteiger partial charge is 0.145 e. The summed E-state index contributed by atoms with van der Waals surface area (Å²) in [5.41, 5.74) is 18.2. The molecule has 1 aliphatic rings. The number of rotatable bonds is 12. The summed E-state index contributed by atoms with van der Waals surface area (Å²) in [6.07, 6.45) is 1.90. The Bertz CT molecular complexity index is 4100. The van der Waals surface area contributed by atoms with Gasteiger partial charge in [-0.15, -0.1) is 0 Å². The average Bonchev–Trinajstić information content (AvgIpc) is 4.06. The summed E-state index contributed by atoms with van der Waals surface area (Å²) < 4.78 is 2.15. The molecule has 1 unspecified atom stereocenters. The lowest BCUT2D eigenvalue weighted by atomic mass is 9.94. The fourth-order valence-corrected chi connectivity index (χ4v) is 10.9. The molecule has 1 N–H and O–H groups in total. The first-order valence-electron chi connectivity index (χ1n) is 26.3. The number of para-hydroxylation sites is 4. The summed E-state index contributed by atoms with van der Waals surface area (Å²) in [4.78, 5) is 9.63. The van der Waals surface area contributed by atoms with Gasteiger partial charge < -0.3 is 19.7 Å². The third kappa shape index (κ3) is 9.25. The molecule has 7 heteroatoms. The molecule has 372 valence electrons. The summed E-state index contributed by atoms with van der Waals surface area (Å²) in [7, 11) is 0. The van der Waals surface area contributed by atoms with Gasteiger partial charge in [-0.05, 0) is 137 Å². The van der Waals surface area contributed by atoms with Crippen LogP contribution < -0.4 is 15.1 Å². The Balaban J connectivity index is 0.884. The lowest BCUT2D eigenvalue weighted by molar-refractivity contribution is 0.664. The fourth-order valence-electron chi connectivity index (χ4n) is 10.9. The lowest BCUT2D eigenvalue weighted by Gasteiger charge is -2.26. The Morgan fingerprint density at radius 2 is 0.797 bits per heavy atom. The lowest BCUT2D eigenvalue weighted by Crippen LogP contribution is -2.24. The van der Waals surface area contributed by atoms with E-state index in [-0.39, 0.29) is 6.17 Å². The number of nitriles is 2. The first-order valence-corrected chi connectivity index (χ1v) is 26.3. The molecule has 1 aliphatic heterocycles. The van der Waals surface area contributed by atoms with Crippen LogP contribution in [0, 0.1) is 22.7 Å². The van der Waals surface area contributed by atoms with Crippen LogP contribution in [-0.4, -0.2) is 10.3 Å². The molecule has 11 aromatic carbocycles. The normalized spacial score (nSPS) is 12.9. The van der Waals surface area contributed by atoms with Gasteiger partial charge in [0.15, 0.2) is 0 Å². The minimum Gasteiger partial charge on any atom is -0.360 e. The van der Waals surface area contributed by atoms with E-state index in [4.69, 9.17) is 4.99 Å². The van der Waals surface area contributed by atoms with Crippen LogP contribution in [0.5, 0.6) is 0 Å². The van der Waals surface area contributed by atoms with Crippen LogP contribution in [0.25, 0.3) is 55.4 Å². The maximum Gasteiger partial charge on any atom is 0.145 e. The van der Waals surface area contributed by atoms with Crippen molar-refractivity contribution < 1.29 is 0 Å². The molecule has 0 fully saturated rings. The highest BCUT2D eigenvalue weighted by Gasteiger charge is 2.24. The summed E-state index contributed by atoms with van der Waals surface area (Å²) in [5, 5.41) is 27.8. The molecule has 0 saturated carbocycles. The molecule has 12 aromatic rings. The Morgan fingerprint density at radius 3 is 1.25 bits per heavy atom. The molecule has 0 bridgehead atoms. The van der Waals surface area contributed by atoms with Crippen LogP contribution in [0.3, 0.4) is 0 Å². The van der Waals surface area contributed by atoms with E-state index in [0.29, 0.717) is 22.4 Å². The summed E-state index contributed by atoms with van der Waals surface area (Å²) in [6.45, 7) is 0. The first kappa shape index (κ1) is 47.7. The first-order chi connectivity index (χ1) is 39.1. The van der Waals surface area contributed by atoms with Crippen molar-refractivity contribution in [3.05, 3.63) is 313 Å². The number of anilines is 6. The van der Waals surface area contributed by atoms with Crippen molar-refractivity contribution in [3.63, 3.8) is 0 Å². The van der Waals surface area contributed by atoms with E-state index in [0.717, 1.165) is 101 Å². The zero-order valence-electron chi connectivity index (χ0n) is 42.9. The largest absolute Gasteiger partial charge is 0.360 e. The van der Waals surface area contributed by atoms with Crippen molar-refractivity contribution in [1.82, 2.24) is 9.88 Å². The predicted molar refractivity (Wildman–Crippen MR) is 324 cm³/mol. The van der Waals surface area contributed by atoms with Gasteiger partial charge in [-0.25, -0.2) is 0 Å². The van der Waals surface area contributed by atoms with Crippen LogP contribution in [-0.2, 0) is 0 Å². The fraction of sp³-hybridized carbons (Fsp3) is 0.0139. The van der Waals surface area contributed by atoms with Crippen LogP contribution in [0.2, 0.25) is 0 Å². The molecule has 0 aliphatic carbocycles. The van der Waals surface area contributed by atoms with E-state index in [1.165, 1.54) is 0 Å². The third-order valence-electron chi connectivity index (χ3n) is 14.7. The van der Waals surface area contributed by atoms with Gasteiger partial charge in [0, 0.05) is 56.2 Å². The van der Waals surface area contributed by atoms with Crippen LogP contribution in [0.1, 0.15) is 34.0 Å². The van der Waals surface area contributed by atoms with E-state index in [9.17, 15) is 10.5 Å². The van der Waals surface area contributed by atoms with Crippen molar-refractivity contribution in [3.8, 4) is 40.1 Å². The van der Waals surface area contributed by atoms with Crippen LogP contribution in [0.4, 0.5) is 34.1 Å². The topological polar surface area (TPSA) is 83.4 Å². The molecule has 1 aromatic heterocycles. The Hall–Kier alpha value is -11.0. The van der Waals surface area contributed by atoms with Crippen molar-refractivity contribution in [1.29, 1.82) is 10.5 Å². The van der Waals surface area contributed by atoms with Gasteiger partial charge in [0.2, 0.25) is 0 Å². The van der Waals surface area contributed by atoms with Crippen molar-refractivity contribution in [2.24, 2.45) is 4.99 Å². The number of hydrogen-bond donors (Lipinski definition) is 1. The molecular weight excluding hydrogens is 963 g/mol. The highest BCUT2D eigenvalue weighted by Crippen LogP contribution is 2.44. The zero-order chi connectivity index (χ0) is 53.1. The number of aliphatic imine (C=N–C) groups is 1. The molecular formula is C72H49N7. The van der Waals surface area contributed by atoms with Gasteiger partial charge in [0.25, 0.3) is 0 Å². The van der Waals surface area contributed by atoms with Crippen molar-refractivity contribution in [2.75, 3.05) is 9.80 Å². The number of aromatic nitrogens is 1. The number of hydrogen-bond acceptors (Lipinski definition) is 6. The number of allylic oxidation sites excluding steroid dienone is 1. The minimum absolute atomic E-state index is 0.227. The molecule has 13 rings (SSSR count). The van der Waals surface area contributed by atoms with E-state index < -0.39 is 0 Å². The van der Waals surface area contributed by atoms with Gasteiger partial charge in [-0.2, -0.15) is 10.5 Å². The van der Waals surface area contributed by atoms with Gasteiger partial charge in [0.1, 0.15) is 12.2 Å². The molecule has 7 nitrogen and oxygen atoms in total. The summed E-state index contributed by atoms with van der Waals surface area (Å²) >= 11 is 0. The van der Waals surface area contributed by atoms with Gasteiger partial charge in [0.05, 0.1) is 39.6 Å². The predicted octanol–water partition coefficient (Wildman–Crippen LogP) is 17.9. The number of benzene rings is 11. The SMILES string of the molecule is N#Cc1cc(-n2c3ccc(N(c4ccccc4)c4ccccc4)cc3c3cc(N(c4ccccc4)c4ccccc4)ccc32)c(C#N)cc1-c1ccc(-c2ccc(C3=CC(c4ccccc4)=NC(c4ccccc4)N3)cc2)cc1. The molecule has 0 saturated heterocycles. The van der Waals surface area contributed by atoms with Gasteiger partial charge >= 0.3 is 0 Å². The molecule has 0 amide bonds. The third-order valence-corrected chi connectivity index (χ3v) is 14.7. The quantitative estimate of drug-likeness (QED) is 0.132. The average molecular weight is 1010 g/mol. The van der Waals surface area contributed by atoms with Gasteiger partial charge in [-0.1, -0.05) is 182 Å². The Kier molecular flexibility index (Phi) is 12.7. The molecule has 0 spiro atoms. The highest BCUT2D eigenvalue weighted by atomic mass is 15.2. The second-order valence-electron chi connectivity index (χ2n) is 19.4. The van der Waals surface area contributed by atoms with E-state index in [1.54, 1.807) is 0 Å². The second-order valence-corrected chi connectivity index (χ2v) is 19.4. The molecule has 79 heavy (non-hydrogen) atoms. The Morgan fingerprint density at radius 1 is 0.380 bits per heavy atom. The maximum absolute atomic E-state index is 11.1. The monoisotopic (exact) mass is 1010 g/mol. The zero-order valence-corrected chi connectivity index (χ0v) is 42.9. The van der Waals surface area contributed by atoms with Crippen LogP contribution >= 0.6 is 0 Å². The summed E-state index contributed by atoms with van der Waals surface area (Å²) in [6, 6.07) is 101. The number of nitrogens with zero attached hydrogens (tertiary/aromatic N) is 6. The second kappa shape index (κ2) is 21.0. The Labute approximate surface area is 459 Å². The molecule has 2 heterocycles. The molecule has 1 atom stereocenters. The number of fused-ring (bicyclic) bond motifs is 3. The van der Waals surface area contributed by atoms with Crippen molar-refractivity contribution in [2.45, 2.75) is 6.17 Å². The van der Waals surface area contributed by atoms with E-state index >= 15 is 0 Å².